The van der Waals surface area contributed by atoms with Crippen molar-refractivity contribution >= 4 is 11.8 Å². The summed E-state index contributed by atoms with van der Waals surface area (Å²) < 4.78 is 11.1. The molecule has 2 amide bonds. The molecule has 27 heavy (non-hydrogen) atoms. The molecule has 2 aliphatic rings. The Morgan fingerprint density at radius 2 is 2.07 bits per heavy atom. The fourth-order valence-corrected chi connectivity index (χ4v) is 3.74. The predicted molar refractivity (Wildman–Crippen MR) is 102 cm³/mol. The summed E-state index contributed by atoms with van der Waals surface area (Å²) in [5, 5.41) is 3.10. The van der Waals surface area contributed by atoms with Crippen LogP contribution in [-0.4, -0.2) is 73.6 Å². The monoisotopic (exact) mass is 375 g/mol. The third kappa shape index (κ3) is 4.53. The number of rotatable bonds is 5. The van der Waals surface area contributed by atoms with Gasteiger partial charge in [0.25, 0.3) is 5.91 Å². The van der Waals surface area contributed by atoms with Gasteiger partial charge in [0.15, 0.2) is 11.5 Å². The van der Waals surface area contributed by atoms with Crippen LogP contribution >= 0.6 is 0 Å². The number of nitrogens with one attached hydrogen (secondary N) is 1. The van der Waals surface area contributed by atoms with Crippen molar-refractivity contribution in [2.75, 3.05) is 39.8 Å². The number of carbonyl (C=O) groups excluding carboxylic acids is 2. The first kappa shape index (κ1) is 19.5. The summed E-state index contributed by atoms with van der Waals surface area (Å²) in [6.07, 6.45) is 1.87. The van der Waals surface area contributed by atoms with E-state index in [2.05, 4.69) is 5.32 Å². The van der Waals surface area contributed by atoms with Crippen LogP contribution in [0.3, 0.4) is 0 Å². The maximum absolute atomic E-state index is 13.0. The summed E-state index contributed by atoms with van der Waals surface area (Å²) in [5.74, 6) is 1.28. The average Bonchev–Trinajstić information content (AvgIpc) is 2.68. The summed E-state index contributed by atoms with van der Waals surface area (Å²) in [6.45, 7) is 7.09. The lowest BCUT2D eigenvalue weighted by Crippen LogP contribution is -2.57. The van der Waals surface area contributed by atoms with Crippen molar-refractivity contribution in [2.45, 2.75) is 38.8 Å². The summed E-state index contributed by atoms with van der Waals surface area (Å²) in [7, 11) is 1.57. The van der Waals surface area contributed by atoms with E-state index < -0.39 is 0 Å². The Bertz CT molecular complexity index is 692. The molecule has 2 fully saturated rings. The highest BCUT2D eigenvalue weighted by Crippen LogP contribution is 2.30. The third-order valence-corrected chi connectivity index (χ3v) is 5.02. The number of ether oxygens (including phenoxy) is 2. The Labute approximate surface area is 160 Å². The van der Waals surface area contributed by atoms with Crippen LogP contribution in [0, 0.1) is 0 Å². The van der Waals surface area contributed by atoms with Gasteiger partial charge in [-0.15, -0.1) is 0 Å². The van der Waals surface area contributed by atoms with Crippen LogP contribution in [-0.2, 0) is 4.79 Å². The van der Waals surface area contributed by atoms with Gasteiger partial charge in [-0.2, -0.15) is 0 Å². The van der Waals surface area contributed by atoms with E-state index in [9.17, 15) is 9.59 Å². The number of nitrogens with zero attached hydrogens (tertiary/aromatic N) is 2. The van der Waals surface area contributed by atoms with Gasteiger partial charge in [0.05, 0.1) is 19.8 Å². The van der Waals surface area contributed by atoms with Crippen molar-refractivity contribution in [3.63, 3.8) is 0 Å². The molecule has 0 bridgehead atoms. The van der Waals surface area contributed by atoms with Crippen molar-refractivity contribution < 1.29 is 19.1 Å². The second kappa shape index (κ2) is 8.61. The van der Waals surface area contributed by atoms with E-state index in [4.69, 9.17) is 9.47 Å². The van der Waals surface area contributed by atoms with E-state index in [1.54, 1.807) is 25.3 Å². The molecule has 1 unspecified atom stereocenters. The van der Waals surface area contributed by atoms with Gasteiger partial charge in [-0.3, -0.25) is 9.59 Å². The zero-order valence-corrected chi connectivity index (χ0v) is 16.4. The average molecular weight is 375 g/mol. The molecule has 2 saturated heterocycles. The number of benzene rings is 1. The number of amides is 2. The molecule has 2 heterocycles. The normalized spacial score (nSPS) is 20.7. The molecule has 7 nitrogen and oxygen atoms in total. The van der Waals surface area contributed by atoms with Gasteiger partial charge in [0, 0.05) is 37.8 Å². The zero-order valence-electron chi connectivity index (χ0n) is 16.4. The first-order chi connectivity index (χ1) is 13.0. The van der Waals surface area contributed by atoms with Crippen LogP contribution in [0.1, 0.15) is 37.0 Å². The fraction of sp³-hybridized carbons (Fsp3) is 0.600. The van der Waals surface area contributed by atoms with E-state index >= 15 is 0 Å². The van der Waals surface area contributed by atoms with E-state index in [0.29, 0.717) is 43.2 Å². The molecular formula is C20H29N3O4. The molecule has 0 aromatic heterocycles. The molecule has 148 valence electrons. The minimum atomic E-state index is -0.0309. The lowest BCUT2D eigenvalue weighted by Gasteiger charge is -2.41. The van der Waals surface area contributed by atoms with Crippen LogP contribution in [0.2, 0.25) is 0 Å². The molecule has 0 spiro atoms. The molecule has 0 radical (unpaired) electrons. The number of hydrogen-bond acceptors (Lipinski definition) is 5. The van der Waals surface area contributed by atoms with Crippen LogP contribution in [0.25, 0.3) is 0 Å². The lowest BCUT2D eigenvalue weighted by molar-refractivity contribution is -0.135. The number of piperazine rings is 1. The SMILES string of the molecule is COc1cc(C(=O)N2CCCC(N3CCNCC3=O)C2)ccc1OC(C)C. The molecule has 2 aliphatic heterocycles. The van der Waals surface area contributed by atoms with Crippen LogP contribution in [0.15, 0.2) is 18.2 Å². The molecule has 0 aliphatic carbocycles. The maximum Gasteiger partial charge on any atom is 0.254 e. The van der Waals surface area contributed by atoms with Gasteiger partial charge in [0.1, 0.15) is 0 Å². The first-order valence-corrected chi connectivity index (χ1v) is 9.63. The number of likely N-dealkylation sites (tertiary alicyclic amines) is 1. The first-order valence-electron chi connectivity index (χ1n) is 9.63. The Kier molecular flexibility index (Phi) is 6.21. The minimum absolute atomic E-state index is 0.0277. The van der Waals surface area contributed by atoms with Crippen LogP contribution in [0.4, 0.5) is 0 Å². The van der Waals surface area contributed by atoms with Crippen molar-refractivity contribution in [1.82, 2.24) is 15.1 Å². The Morgan fingerprint density at radius 1 is 1.26 bits per heavy atom. The highest BCUT2D eigenvalue weighted by atomic mass is 16.5. The Morgan fingerprint density at radius 3 is 2.78 bits per heavy atom. The molecule has 1 aromatic carbocycles. The molecule has 3 rings (SSSR count). The summed E-state index contributed by atoms with van der Waals surface area (Å²) >= 11 is 0. The van der Waals surface area contributed by atoms with E-state index in [-0.39, 0.29) is 24.0 Å². The molecular weight excluding hydrogens is 346 g/mol. The smallest absolute Gasteiger partial charge is 0.254 e. The predicted octanol–water partition coefficient (Wildman–Crippen LogP) is 1.52. The highest BCUT2D eigenvalue weighted by molar-refractivity contribution is 5.95. The summed E-state index contributed by atoms with van der Waals surface area (Å²) in [6, 6.07) is 5.40. The second-order valence-electron chi connectivity index (χ2n) is 7.34. The molecule has 7 heteroatoms. The summed E-state index contributed by atoms with van der Waals surface area (Å²) in [4.78, 5) is 29.0. The van der Waals surface area contributed by atoms with Gasteiger partial charge in [-0.05, 0) is 44.9 Å². The second-order valence-corrected chi connectivity index (χ2v) is 7.34. The van der Waals surface area contributed by atoms with Gasteiger partial charge < -0.3 is 24.6 Å². The standard InChI is InChI=1S/C20H29N3O4/c1-14(2)27-17-7-6-15(11-18(17)26-3)20(25)22-9-4-5-16(13-22)23-10-8-21-12-19(23)24/h6-7,11,14,16,21H,4-5,8-10,12-13H2,1-3H3. The van der Waals surface area contributed by atoms with E-state index in [0.717, 1.165) is 19.4 Å². The van der Waals surface area contributed by atoms with Crippen molar-refractivity contribution in [3.8, 4) is 11.5 Å². The van der Waals surface area contributed by atoms with E-state index in [1.165, 1.54) is 0 Å². The Hall–Kier alpha value is -2.28. The Balaban J connectivity index is 1.72. The molecule has 0 saturated carbocycles. The number of hydrogen-bond donors (Lipinski definition) is 1. The number of piperidine rings is 1. The van der Waals surface area contributed by atoms with Gasteiger partial charge in [0.2, 0.25) is 5.91 Å². The maximum atomic E-state index is 13.0. The van der Waals surface area contributed by atoms with Crippen molar-refractivity contribution in [1.29, 1.82) is 0 Å². The van der Waals surface area contributed by atoms with Gasteiger partial charge in [-0.25, -0.2) is 0 Å². The van der Waals surface area contributed by atoms with Crippen LogP contribution < -0.4 is 14.8 Å². The molecule has 1 N–H and O–H groups in total. The van der Waals surface area contributed by atoms with Crippen LogP contribution in [0.5, 0.6) is 11.5 Å². The minimum Gasteiger partial charge on any atom is -0.493 e. The van der Waals surface area contributed by atoms with Crippen molar-refractivity contribution in [3.05, 3.63) is 23.8 Å². The largest absolute Gasteiger partial charge is 0.493 e. The number of carbonyl (C=O) groups is 2. The van der Waals surface area contributed by atoms with E-state index in [1.807, 2.05) is 23.6 Å². The van der Waals surface area contributed by atoms with Crippen molar-refractivity contribution in [2.24, 2.45) is 0 Å². The topological polar surface area (TPSA) is 71.1 Å². The lowest BCUT2D eigenvalue weighted by atomic mass is 10.0. The third-order valence-electron chi connectivity index (χ3n) is 5.02. The molecule has 1 atom stereocenters. The highest BCUT2D eigenvalue weighted by Gasteiger charge is 2.32. The summed E-state index contributed by atoms with van der Waals surface area (Å²) in [5.41, 5.74) is 0.579. The fourth-order valence-electron chi connectivity index (χ4n) is 3.74. The van der Waals surface area contributed by atoms with Gasteiger partial charge in [-0.1, -0.05) is 0 Å². The molecule has 1 aromatic rings. The quantitative estimate of drug-likeness (QED) is 0.845. The number of methoxy groups -OCH3 is 1. The van der Waals surface area contributed by atoms with Gasteiger partial charge >= 0.3 is 0 Å². The zero-order chi connectivity index (χ0) is 19.4.